The largest absolute Gasteiger partial charge is 0.481 e. The van der Waals surface area contributed by atoms with E-state index >= 15 is 0 Å². The molecule has 2 aliphatic rings. The van der Waals surface area contributed by atoms with Gasteiger partial charge in [0, 0.05) is 45.3 Å². The Balaban J connectivity index is 1.71. The van der Waals surface area contributed by atoms with Crippen LogP contribution in [0.3, 0.4) is 0 Å². The molecule has 2 fully saturated rings. The van der Waals surface area contributed by atoms with Crippen LogP contribution in [0.25, 0.3) is 0 Å². The molecule has 1 N–H and O–H groups in total. The Morgan fingerprint density at radius 3 is 2.68 bits per heavy atom. The van der Waals surface area contributed by atoms with Gasteiger partial charge in [-0.3, -0.25) is 4.79 Å². The minimum atomic E-state index is -3.65. The van der Waals surface area contributed by atoms with Crippen LogP contribution in [-0.4, -0.2) is 74.9 Å². The first-order chi connectivity index (χ1) is 12.0. The van der Waals surface area contributed by atoms with Crippen LogP contribution >= 0.6 is 0 Å². The van der Waals surface area contributed by atoms with Gasteiger partial charge in [0.2, 0.25) is 21.8 Å². The van der Waals surface area contributed by atoms with E-state index in [0.717, 1.165) is 19.5 Å². The number of methoxy groups -OCH3 is 1. The number of nitrogens with one attached hydrogen (secondary N) is 1. The number of piperidine rings is 1. The third-order valence-corrected chi connectivity index (χ3v) is 6.57. The van der Waals surface area contributed by atoms with Crippen molar-refractivity contribution >= 4 is 15.9 Å². The SMILES string of the molecule is COc1ccc(S(=O)(=O)N2CCCC(C(=O)N3CCNCC3)C2)cn1. The summed E-state index contributed by atoms with van der Waals surface area (Å²) in [6, 6.07) is 3.02. The van der Waals surface area contributed by atoms with Gasteiger partial charge in [-0.25, -0.2) is 13.4 Å². The molecule has 0 bridgehead atoms. The zero-order valence-electron chi connectivity index (χ0n) is 14.3. The number of nitrogens with zero attached hydrogens (tertiary/aromatic N) is 3. The molecule has 0 aliphatic carbocycles. The Kier molecular flexibility index (Phi) is 5.55. The molecule has 25 heavy (non-hydrogen) atoms. The van der Waals surface area contributed by atoms with Gasteiger partial charge in [0.1, 0.15) is 4.90 Å². The summed E-state index contributed by atoms with van der Waals surface area (Å²) in [6.07, 6.45) is 2.72. The molecule has 2 aliphatic heterocycles. The van der Waals surface area contributed by atoms with E-state index in [4.69, 9.17) is 4.74 Å². The second-order valence-corrected chi connectivity index (χ2v) is 8.25. The van der Waals surface area contributed by atoms with Crippen molar-refractivity contribution in [1.82, 2.24) is 19.5 Å². The molecule has 0 aromatic carbocycles. The Morgan fingerprint density at radius 1 is 1.28 bits per heavy atom. The maximum Gasteiger partial charge on any atom is 0.244 e. The third-order valence-electron chi connectivity index (χ3n) is 4.72. The average Bonchev–Trinajstić information content (AvgIpc) is 2.68. The summed E-state index contributed by atoms with van der Waals surface area (Å²) < 4.78 is 32.1. The van der Waals surface area contributed by atoms with Gasteiger partial charge in [0.25, 0.3) is 0 Å². The van der Waals surface area contributed by atoms with Crippen molar-refractivity contribution in [3.8, 4) is 5.88 Å². The lowest BCUT2D eigenvalue weighted by molar-refractivity contribution is -0.137. The molecule has 0 saturated carbocycles. The van der Waals surface area contributed by atoms with Crippen LogP contribution in [0, 0.1) is 5.92 Å². The number of sulfonamides is 1. The van der Waals surface area contributed by atoms with E-state index in [0.29, 0.717) is 31.9 Å². The molecule has 3 rings (SSSR count). The smallest absolute Gasteiger partial charge is 0.244 e. The van der Waals surface area contributed by atoms with Gasteiger partial charge in [0.05, 0.1) is 19.2 Å². The second-order valence-electron chi connectivity index (χ2n) is 6.31. The van der Waals surface area contributed by atoms with Gasteiger partial charge in [-0.2, -0.15) is 4.31 Å². The first-order valence-corrected chi connectivity index (χ1v) is 9.96. The number of hydrogen-bond acceptors (Lipinski definition) is 6. The van der Waals surface area contributed by atoms with E-state index in [1.54, 1.807) is 0 Å². The van der Waals surface area contributed by atoms with Gasteiger partial charge in [0.15, 0.2) is 0 Å². The molecule has 1 amide bonds. The average molecular weight is 368 g/mol. The Bertz CT molecular complexity index is 701. The van der Waals surface area contributed by atoms with E-state index in [-0.39, 0.29) is 23.3 Å². The number of pyridine rings is 1. The Hall–Kier alpha value is -1.71. The zero-order chi connectivity index (χ0) is 17.9. The summed E-state index contributed by atoms with van der Waals surface area (Å²) in [5.41, 5.74) is 0. The maximum absolute atomic E-state index is 12.8. The Morgan fingerprint density at radius 2 is 2.04 bits per heavy atom. The molecular formula is C16H24N4O4S. The zero-order valence-corrected chi connectivity index (χ0v) is 15.2. The first-order valence-electron chi connectivity index (χ1n) is 8.52. The molecule has 1 aromatic heterocycles. The molecular weight excluding hydrogens is 344 g/mol. The summed E-state index contributed by atoms with van der Waals surface area (Å²) >= 11 is 0. The van der Waals surface area contributed by atoms with Crippen LogP contribution in [0.15, 0.2) is 23.2 Å². The van der Waals surface area contributed by atoms with Crippen molar-refractivity contribution in [2.75, 3.05) is 46.4 Å². The number of rotatable bonds is 4. The molecule has 8 nitrogen and oxygen atoms in total. The molecule has 9 heteroatoms. The van der Waals surface area contributed by atoms with Gasteiger partial charge in [-0.1, -0.05) is 0 Å². The maximum atomic E-state index is 12.8. The molecule has 0 radical (unpaired) electrons. The van der Waals surface area contributed by atoms with Crippen LogP contribution in [-0.2, 0) is 14.8 Å². The predicted octanol–water partition coefficient (Wildman–Crippen LogP) is -0.0773. The number of hydrogen-bond donors (Lipinski definition) is 1. The highest BCUT2D eigenvalue weighted by Crippen LogP contribution is 2.25. The van der Waals surface area contributed by atoms with Gasteiger partial charge < -0.3 is 15.0 Å². The molecule has 138 valence electrons. The third kappa shape index (κ3) is 3.94. The van der Waals surface area contributed by atoms with E-state index in [1.807, 2.05) is 4.90 Å². The van der Waals surface area contributed by atoms with Crippen LogP contribution in [0.4, 0.5) is 0 Å². The highest BCUT2D eigenvalue weighted by Gasteiger charge is 2.35. The predicted molar refractivity (Wildman–Crippen MR) is 91.7 cm³/mol. The van der Waals surface area contributed by atoms with Crippen molar-refractivity contribution < 1.29 is 17.9 Å². The lowest BCUT2D eigenvalue weighted by Gasteiger charge is -2.35. The lowest BCUT2D eigenvalue weighted by Crippen LogP contribution is -2.51. The summed E-state index contributed by atoms with van der Waals surface area (Å²) in [5.74, 6) is 0.159. The number of amides is 1. The van der Waals surface area contributed by atoms with Crippen LogP contribution in [0.5, 0.6) is 5.88 Å². The van der Waals surface area contributed by atoms with Crippen molar-refractivity contribution in [3.05, 3.63) is 18.3 Å². The molecule has 0 spiro atoms. The number of piperazine rings is 1. The highest BCUT2D eigenvalue weighted by molar-refractivity contribution is 7.89. The molecule has 1 atom stereocenters. The molecule has 1 unspecified atom stereocenters. The van der Waals surface area contributed by atoms with Crippen molar-refractivity contribution in [2.45, 2.75) is 17.7 Å². The second kappa shape index (κ2) is 7.67. The van der Waals surface area contributed by atoms with Crippen LogP contribution in [0.1, 0.15) is 12.8 Å². The Labute approximate surface area is 148 Å². The quantitative estimate of drug-likeness (QED) is 0.799. The standard InChI is InChI=1S/C16H24N4O4S/c1-24-15-5-4-14(11-18-15)25(22,23)20-8-2-3-13(12-20)16(21)19-9-6-17-7-10-19/h4-5,11,13,17H,2-3,6-10,12H2,1H3. The normalized spacial score (nSPS) is 22.6. The lowest BCUT2D eigenvalue weighted by atomic mass is 9.98. The van der Waals surface area contributed by atoms with Crippen molar-refractivity contribution in [3.63, 3.8) is 0 Å². The van der Waals surface area contributed by atoms with E-state index < -0.39 is 10.0 Å². The van der Waals surface area contributed by atoms with Gasteiger partial charge in [-0.05, 0) is 18.9 Å². The first kappa shape index (κ1) is 18.1. The highest BCUT2D eigenvalue weighted by atomic mass is 32.2. The number of carbonyl (C=O) groups is 1. The molecule has 2 saturated heterocycles. The van der Waals surface area contributed by atoms with Crippen molar-refractivity contribution in [1.29, 1.82) is 0 Å². The van der Waals surface area contributed by atoms with Gasteiger partial charge in [-0.15, -0.1) is 0 Å². The number of aromatic nitrogens is 1. The van der Waals surface area contributed by atoms with Gasteiger partial charge >= 0.3 is 0 Å². The fourth-order valence-electron chi connectivity index (χ4n) is 3.29. The molecule has 3 heterocycles. The molecule has 1 aromatic rings. The van der Waals surface area contributed by atoms with Crippen LogP contribution in [0.2, 0.25) is 0 Å². The fraction of sp³-hybridized carbons (Fsp3) is 0.625. The van der Waals surface area contributed by atoms with Crippen molar-refractivity contribution in [2.24, 2.45) is 5.92 Å². The minimum absolute atomic E-state index is 0.0641. The fourth-order valence-corrected chi connectivity index (χ4v) is 4.76. The number of ether oxygens (including phenoxy) is 1. The van der Waals surface area contributed by atoms with E-state index in [1.165, 1.54) is 29.7 Å². The summed E-state index contributed by atoms with van der Waals surface area (Å²) in [4.78, 5) is 18.6. The van der Waals surface area contributed by atoms with E-state index in [2.05, 4.69) is 10.3 Å². The monoisotopic (exact) mass is 368 g/mol. The number of carbonyl (C=O) groups excluding carboxylic acids is 1. The summed E-state index contributed by atoms with van der Waals surface area (Å²) in [5, 5.41) is 3.22. The van der Waals surface area contributed by atoms with Crippen LogP contribution < -0.4 is 10.1 Å². The van der Waals surface area contributed by atoms with E-state index in [9.17, 15) is 13.2 Å². The topological polar surface area (TPSA) is 91.8 Å². The summed E-state index contributed by atoms with van der Waals surface area (Å²) in [7, 11) is -2.17. The summed E-state index contributed by atoms with van der Waals surface area (Å²) in [6.45, 7) is 3.61. The minimum Gasteiger partial charge on any atom is -0.481 e.